The number of nitrogens with two attached hydrogens (primary N) is 1. The van der Waals surface area contributed by atoms with Crippen LogP contribution in [0.15, 0.2) is 20.9 Å². The summed E-state index contributed by atoms with van der Waals surface area (Å²) < 4.78 is 1.33. The molecule has 0 radical (unpaired) electrons. The third-order valence-electron chi connectivity index (χ3n) is 5.18. The Labute approximate surface area is 167 Å². The standard InChI is InChI=1S/C18H17N5O3S2/c19-14-13(15(25)22-18(26)23(14)8-4-5-8)10(24)6-27-16-12-9-2-1-3-11(9)28-17(12)21-7-20-16/h7-8H,1-6,19H2,(H,22,25,26). The van der Waals surface area contributed by atoms with Gasteiger partial charge in [0.25, 0.3) is 5.56 Å². The van der Waals surface area contributed by atoms with Crippen molar-refractivity contribution >= 4 is 44.9 Å². The number of nitrogens with zero attached hydrogens (tertiary/aromatic N) is 3. The van der Waals surface area contributed by atoms with E-state index >= 15 is 0 Å². The monoisotopic (exact) mass is 415 g/mol. The van der Waals surface area contributed by atoms with E-state index in [1.165, 1.54) is 33.1 Å². The third kappa shape index (κ3) is 2.78. The van der Waals surface area contributed by atoms with Gasteiger partial charge >= 0.3 is 5.69 Å². The van der Waals surface area contributed by atoms with Crippen LogP contribution in [0.1, 0.15) is 46.1 Å². The number of hydrogen-bond acceptors (Lipinski definition) is 8. The number of ketones is 1. The second-order valence-corrected chi connectivity index (χ2v) is 9.10. The van der Waals surface area contributed by atoms with Gasteiger partial charge in [-0.1, -0.05) is 11.8 Å². The smallest absolute Gasteiger partial charge is 0.330 e. The number of anilines is 1. The maximum atomic E-state index is 12.8. The molecule has 10 heteroatoms. The van der Waals surface area contributed by atoms with Crippen molar-refractivity contribution in [1.29, 1.82) is 0 Å². The second kappa shape index (κ2) is 6.56. The van der Waals surface area contributed by atoms with Crippen LogP contribution in [-0.2, 0) is 12.8 Å². The van der Waals surface area contributed by atoms with E-state index < -0.39 is 17.0 Å². The van der Waals surface area contributed by atoms with Gasteiger partial charge in [-0.3, -0.25) is 19.1 Å². The molecule has 0 aromatic carbocycles. The Morgan fingerprint density at radius 3 is 2.93 bits per heavy atom. The molecular formula is C18H17N5O3S2. The van der Waals surface area contributed by atoms with Gasteiger partial charge in [0.1, 0.15) is 27.6 Å². The van der Waals surface area contributed by atoms with Crippen LogP contribution in [-0.4, -0.2) is 31.1 Å². The quantitative estimate of drug-likeness (QED) is 0.371. The predicted octanol–water partition coefficient (Wildman–Crippen LogP) is 1.92. The topological polar surface area (TPSA) is 124 Å². The molecule has 1 saturated carbocycles. The predicted molar refractivity (Wildman–Crippen MR) is 109 cm³/mol. The molecule has 3 heterocycles. The number of nitrogen functional groups attached to an aromatic ring is 1. The lowest BCUT2D eigenvalue weighted by Gasteiger charge is -2.11. The highest BCUT2D eigenvalue weighted by atomic mass is 32.2. The molecule has 0 unspecified atom stereocenters. The summed E-state index contributed by atoms with van der Waals surface area (Å²) in [5.74, 6) is -0.421. The van der Waals surface area contributed by atoms with Crippen LogP contribution in [0.25, 0.3) is 10.2 Å². The number of fused-ring (bicyclic) bond motifs is 3. The molecule has 28 heavy (non-hydrogen) atoms. The maximum Gasteiger partial charge on any atom is 0.330 e. The highest BCUT2D eigenvalue weighted by Crippen LogP contribution is 2.40. The van der Waals surface area contributed by atoms with Gasteiger partial charge in [0.05, 0.1) is 5.75 Å². The van der Waals surface area contributed by atoms with Gasteiger partial charge in [-0.25, -0.2) is 14.8 Å². The molecule has 144 valence electrons. The highest BCUT2D eigenvalue weighted by molar-refractivity contribution is 8.00. The van der Waals surface area contributed by atoms with E-state index in [1.54, 1.807) is 11.3 Å². The molecule has 2 aliphatic rings. The fourth-order valence-electron chi connectivity index (χ4n) is 3.75. The average Bonchev–Trinajstić information content (AvgIpc) is 3.25. The Hall–Kier alpha value is -2.46. The molecule has 5 rings (SSSR count). The molecular weight excluding hydrogens is 398 g/mol. The van der Waals surface area contributed by atoms with Crippen LogP contribution in [0.4, 0.5) is 5.82 Å². The zero-order chi connectivity index (χ0) is 19.4. The van der Waals surface area contributed by atoms with Gasteiger partial charge in [0.15, 0.2) is 5.78 Å². The fourth-order valence-corrected chi connectivity index (χ4v) is 5.94. The Morgan fingerprint density at radius 1 is 1.32 bits per heavy atom. The van der Waals surface area contributed by atoms with Crippen molar-refractivity contribution in [3.63, 3.8) is 0 Å². The first-order valence-electron chi connectivity index (χ1n) is 9.10. The lowest BCUT2D eigenvalue weighted by molar-refractivity contribution is 0.102. The van der Waals surface area contributed by atoms with E-state index in [0.717, 1.165) is 47.3 Å². The average molecular weight is 416 g/mol. The molecule has 3 N–H and O–H groups in total. The number of Topliss-reactive ketones (excluding diaryl/α,β-unsaturated/α-hetero) is 1. The SMILES string of the molecule is Nc1c(C(=O)CSc2ncnc3sc4c(c23)CCC4)c(=O)[nH]c(=O)n1C1CC1. The first-order chi connectivity index (χ1) is 13.5. The molecule has 3 aromatic rings. The highest BCUT2D eigenvalue weighted by Gasteiger charge is 2.30. The van der Waals surface area contributed by atoms with Crippen LogP contribution < -0.4 is 17.0 Å². The Balaban J connectivity index is 1.47. The molecule has 0 atom stereocenters. The molecule has 0 aliphatic heterocycles. The number of aromatic amines is 1. The van der Waals surface area contributed by atoms with Gasteiger partial charge < -0.3 is 5.73 Å². The Morgan fingerprint density at radius 2 is 2.14 bits per heavy atom. The van der Waals surface area contributed by atoms with Crippen molar-refractivity contribution < 1.29 is 4.79 Å². The van der Waals surface area contributed by atoms with Gasteiger partial charge in [-0.2, -0.15) is 0 Å². The van der Waals surface area contributed by atoms with Gasteiger partial charge in [-0.15, -0.1) is 11.3 Å². The molecule has 0 spiro atoms. The van der Waals surface area contributed by atoms with E-state index in [1.807, 2.05) is 0 Å². The van der Waals surface area contributed by atoms with Crippen molar-refractivity contribution in [1.82, 2.24) is 19.5 Å². The van der Waals surface area contributed by atoms with Gasteiger partial charge in [0.2, 0.25) is 0 Å². The van der Waals surface area contributed by atoms with Crippen LogP contribution >= 0.6 is 23.1 Å². The van der Waals surface area contributed by atoms with Gasteiger partial charge in [0, 0.05) is 16.3 Å². The number of thioether (sulfide) groups is 1. The summed E-state index contributed by atoms with van der Waals surface area (Å²) in [7, 11) is 0. The summed E-state index contributed by atoms with van der Waals surface area (Å²) in [6.07, 6.45) is 6.34. The number of aryl methyl sites for hydroxylation is 2. The van der Waals surface area contributed by atoms with Crippen molar-refractivity contribution in [3.8, 4) is 0 Å². The van der Waals surface area contributed by atoms with Crippen molar-refractivity contribution in [3.05, 3.63) is 43.2 Å². The van der Waals surface area contributed by atoms with Crippen molar-refractivity contribution in [2.45, 2.75) is 43.2 Å². The third-order valence-corrected chi connectivity index (χ3v) is 7.37. The number of nitrogens with one attached hydrogen (secondary N) is 1. The largest absolute Gasteiger partial charge is 0.384 e. The van der Waals surface area contributed by atoms with E-state index in [2.05, 4.69) is 15.0 Å². The Kier molecular flexibility index (Phi) is 4.13. The number of H-pyrrole nitrogens is 1. The summed E-state index contributed by atoms with van der Waals surface area (Å²) in [5, 5.41) is 1.78. The second-order valence-electron chi connectivity index (χ2n) is 7.05. The van der Waals surface area contributed by atoms with Crippen LogP contribution in [0, 0.1) is 0 Å². The van der Waals surface area contributed by atoms with Gasteiger partial charge in [-0.05, 0) is 37.7 Å². The summed E-state index contributed by atoms with van der Waals surface area (Å²) in [6, 6.07) is -0.0292. The zero-order valence-corrected chi connectivity index (χ0v) is 16.5. The summed E-state index contributed by atoms with van der Waals surface area (Å²) >= 11 is 2.97. The summed E-state index contributed by atoms with van der Waals surface area (Å²) in [6.45, 7) is 0. The molecule has 3 aromatic heterocycles. The lowest BCUT2D eigenvalue weighted by Crippen LogP contribution is -2.36. The number of aromatic nitrogens is 4. The molecule has 0 saturated heterocycles. The number of carbonyl (C=O) groups is 1. The minimum atomic E-state index is -0.728. The van der Waals surface area contributed by atoms with Crippen LogP contribution in [0.5, 0.6) is 0 Å². The summed E-state index contributed by atoms with van der Waals surface area (Å²) in [4.78, 5) is 50.3. The van der Waals surface area contributed by atoms with E-state index in [9.17, 15) is 14.4 Å². The van der Waals surface area contributed by atoms with Crippen LogP contribution in [0.3, 0.4) is 0 Å². The number of carbonyl (C=O) groups excluding carboxylic acids is 1. The van der Waals surface area contributed by atoms with Crippen LogP contribution in [0.2, 0.25) is 0 Å². The molecule has 0 amide bonds. The van der Waals surface area contributed by atoms with E-state index in [0.29, 0.717) is 0 Å². The van der Waals surface area contributed by atoms with E-state index in [-0.39, 0.29) is 23.2 Å². The molecule has 2 aliphatic carbocycles. The first kappa shape index (κ1) is 17.6. The van der Waals surface area contributed by atoms with Crippen molar-refractivity contribution in [2.75, 3.05) is 11.5 Å². The molecule has 8 nitrogen and oxygen atoms in total. The number of thiophene rings is 1. The van der Waals surface area contributed by atoms with Crippen molar-refractivity contribution in [2.24, 2.45) is 0 Å². The van der Waals surface area contributed by atoms with E-state index in [4.69, 9.17) is 5.73 Å². The summed E-state index contributed by atoms with van der Waals surface area (Å²) in [5.41, 5.74) is 5.90. The normalized spacial score (nSPS) is 15.9. The fraction of sp³-hybridized carbons (Fsp3) is 0.389. The Bertz CT molecular complexity index is 1240. The number of rotatable bonds is 5. The number of hydrogen-bond donors (Lipinski definition) is 2. The first-order valence-corrected chi connectivity index (χ1v) is 10.9. The maximum absolute atomic E-state index is 12.8. The minimum Gasteiger partial charge on any atom is -0.384 e. The lowest BCUT2D eigenvalue weighted by atomic mass is 10.2. The zero-order valence-electron chi connectivity index (χ0n) is 14.9. The molecule has 0 bridgehead atoms. The minimum absolute atomic E-state index is 0.0207. The molecule has 1 fully saturated rings.